The minimum absolute atomic E-state index is 0.0416. The molecule has 0 bridgehead atoms. The van der Waals surface area contributed by atoms with Crippen LogP contribution >= 0.6 is 0 Å². The zero-order valence-electron chi connectivity index (χ0n) is 16.6. The van der Waals surface area contributed by atoms with E-state index in [4.69, 9.17) is 4.74 Å². The monoisotopic (exact) mass is 370 g/mol. The number of allylic oxidation sites excluding steroid dienone is 3. The van der Waals surface area contributed by atoms with Crippen LogP contribution < -0.4 is 0 Å². The van der Waals surface area contributed by atoms with Crippen molar-refractivity contribution in [1.29, 1.82) is 0 Å². The van der Waals surface area contributed by atoms with Gasteiger partial charge < -0.3 is 4.74 Å². The lowest BCUT2D eigenvalue weighted by Crippen LogP contribution is -2.48. The van der Waals surface area contributed by atoms with E-state index in [9.17, 15) is 14.4 Å². The predicted octanol–water partition coefficient (Wildman–Crippen LogP) is 4.25. The highest BCUT2D eigenvalue weighted by molar-refractivity contribution is 5.90. The number of carbonyl (C=O) groups excluding carboxylic acids is 3. The number of carbonyl (C=O) groups is 3. The average molecular weight is 370 g/mol. The van der Waals surface area contributed by atoms with E-state index >= 15 is 0 Å². The van der Waals surface area contributed by atoms with E-state index in [2.05, 4.69) is 13.0 Å². The van der Waals surface area contributed by atoms with Gasteiger partial charge in [0.05, 0.1) is 6.26 Å². The summed E-state index contributed by atoms with van der Waals surface area (Å²) in [7, 11) is 0. The number of fused-ring (bicyclic) bond motifs is 5. The molecule has 4 rings (SSSR count). The number of esters is 1. The summed E-state index contributed by atoms with van der Waals surface area (Å²) in [4.78, 5) is 35.7. The number of ketones is 2. The number of Topliss-reactive ketones (excluding diaryl/α,β-unsaturated/α-hetero) is 1. The fourth-order valence-electron chi connectivity index (χ4n) is 7.13. The highest BCUT2D eigenvalue weighted by Crippen LogP contribution is 2.65. The molecule has 4 heteroatoms. The molecule has 0 spiro atoms. The van der Waals surface area contributed by atoms with Crippen molar-refractivity contribution in [2.45, 2.75) is 59.3 Å². The normalized spacial score (nSPS) is 44.4. The van der Waals surface area contributed by atoms with Gasteiger partial charge in [0.2, 0.25) is 0 Å². The maximum Gasteiger partial charge on any atom is 0.307 e. The van der Waals surface area contributed by atoms with E-state index in [-0.39, 0.29) is 28.9 Å². The summed E-state index contributed by atoms with van der Waals surface area (Å²) in [6.45, 7) is 5.36. The first kappa shape index (κ1) is 18.6. The average Bonchev–Trinajstić information content (AvgIpc) is 2.91. The van der Waals surface area contributed by atoms with Gasteiger partial charge in [-0.3, -0.25) is 14.4 Å². The zero-order valence-corrected chi connectivity index (χ0v) is 16.6. The lowest BCUT2D eigenvalue weighted by atomic mass is 9.50. The van der Waals surface area contributed by atoms with Crippen molar-refractivity contribution >= 4 is 17.5 Å². The molecule has 3 saturated carbocycles. The second kappa shape index (κ2) is 6.72. The Bertz CT molecular complexity index is 733. The Hall–Kier alpha value is -1.71. The number of ether oxygens (including phenoxy) is 1. The van der Waals surface area contributed by atoms with Gasteiger partial charge in [-0.2, -0.15) is 0 Å². The SMILES string of the molecule is CC(=O)OC=C1C[C@H]2[C@@H]3CCC4CC(=O)C=C[C@@H]4[C@H]3CC[C@]2(C)[C@H]1C(C)=O. The number of hydrogen-bond acceptors (Lipinski definition) is 4. The van der Waals surface area contributed by atoms with Crippen molar-refractivity contribution in [3.63, 3.8) is 0 Å². The third kappa shape index (κ3) is 3.01. The molecule has 7 atom stereocenters. The van der Waals surface area contributed by atoms with Crippen LogP contribution in [0.2, 0.25) is 0 Å². The van der Waals surface area contributed by atoms with E-state index in [0.717, 1.165) is 37.7 Å². The lowest BCUT2D eigenvalue weighted by Gasteiger charge is -2.54. The largest absolute Gasteiger partial charge is 0.435 e. The van der Waals surface area contributed by atoms with Crippen molar-refractivity contribution in [3.8, 4) is 0 Å². The third-order valence-electron chi connectivity index (χ3n) is 8.08. The Morgan fingerprint density at radius 3 is 2.63 bits per heavy atom. The molecule has 4 nitrogen and oxygen atoms in total. The summed E-state index contributed by atoms with van der Waals surface area (Å²) in [5.74, 6) is 2.69. The predicted molar refractivity (Wildman–Crippen MR) is 101 cm³/mol. The molecule has 4 aliphatic rings. The Morgan fingerprint density at radius 1 is 1.15 bits per heavy atom. The molecule has 0 radical (unpaired) electrons. The molecular formula is C23H30O4. The Balaban J connectivity index is 1.65. The van der Waals surface area contributed by atoms with Gasteiger partial charge in [-0.05, 0) is 85.7 Å². The van der Waals surface area contributed by atoms with Crippen LogP contribution in [0.25, 0.3) is 0 Å². The Labute approximate surface area is 161 Å². The maximum atomic E-state index is 12.6. The van der Waals surface area contributed by atoms with Crippen molar-refractivity contribution in [3.05, 3.63) is 24.0 Å². The molecule has 3 fully saturated rings. The van der Waals surface area contributed by atoms with Crippen molar-refractivity contribution < 1.29 is 19.1 Å². The van der Waals surface area contributed by atoms with Crippen molar-refractivity contribution in [1.82, 2.24) is 0 Å². The molecule has 1 unspecified atom stereocenters. The van der Waals surface area contributed by atoms with Crippen LogP contribution in [0.15, 0.2) is 24.0 Å². The molecule has 4 aliphatic carbocycles. The van der Waals surface area contributed by atoms with E-state index in [1.807, 2.05) is 0 Å². The smallest absolute Gasteiger partial charge is 0.307 e. The first-order valence-electron chi connectivity index (χ1n) is 10.4. The molecule has 0 N–H and O–H groups in total. The second-order valence-electron chi connectivity index (χ2n) is 9.47. The van der Waals surface area contributed by atoms with Gasteiger partial charge in [-0.15, -0.1) is 0 Å². The molecule has 0 amide bonds. The van der Waals surface area contributed by atoms with Crippen LogP contribution in [0.4, 0.5) is 0 Å². The van der Waals surface area contributed by atoms with Crippen LogP contribution in [-0.2, 0) is 19.1 Å². The topological polar surface area (TPSA) is 60.4 Å². The van der Waals surface area contributed by atoms with Crippen LogP contribution in [0, 0.1) is 40.9 Å². The maximum absolute atomic E-state index is 12.6. The molecule has 27 heavy (non-hydrogen) atoms. The Morgan fingerprint density at radius 2 is 1.93 bits per heavy atom. The summed E-state index contributed by atoms with van der Waals surface area (Å²) >= 11 is 0. The Kier molecular flexibility index (Phi) is 4.64. The van der Waals surface area contributed by atoms with Gasteiger partial charge in [-0.1, -0.05) is 13.0 Å². The standard InChI is InChI=1S/C23H30O4/c1-13(24)22-16(12-27-14(2)25)11-21-20-6-4-15-10-17(26)5-7-18(15)19(20)8-9-23(21,22)3/h5,7,12,15,18-22H,4,6,8-11H2,1-3H3/t15?,18-,19+,20+,21-,22-,23-/m0/s1. The fraction of sp³-hybridized carbons (Fsp3) is 0.696. The van der Waals surface area contributed by atoms with Gasteiger partial charge >= 0.3 is 5.97 Å². The second-order valence-corrected chi connectivity index (χ2v) is 9.47. The first-order chi connectivity index (χ1) is 12.8. The summed E-state index contributed by atoms with van der Waals surface area (Å²) in [6.07, 6.45) is 11.5. The van der Waals surface area contributed by atoms with E-state index in [1.54, 1.807) is 19.3 Å². The summed E-state index contributed by atoms with van der Waals surface area (Å²) in [5, 5.41) is 0. The van der Waals surface area contributed by atoms with Gasteiger partial charge in [0.15, 0.2) is 5.78 Å². The zero-order chi connectivity index (χ0) is 19.3. The highest BCUT2D eigenvalue weighted by atomic mass is 16.5. The third-order valence-corrected chi connectivity index (χ3v) is 8.08. The van der Waals surface area contributed by atoms with E-state index < -0.39 is 0 Å². The quantitative estimate of drug-likeness (QED) is 0.539. The minimum Gasteiger partial charge on any atom is -0.435 e. The highest BCUT2D eigenvalue weighted by Gasteiger charge is 2.59. The van der Waals surface area contributed by atoms with Gasteiger partial charge in [0.1, 0.15) is 5.78 Å². The van der Waals surface area contributed by atoms with Crippen LogP contribution in [0.1, 0.15) is 59.3 Å². The van der Waals surface area contributed by atoms with Gasteiger partial charge in [-0.25, -0.2) is 0 Å². The summed E-state index contributed by atoms with van der Waals surface area (Å²) in [6, 6.07) is 0. The number of rotatable bonds is 2. The molecule has 146 valence electrons. The number of hydrogen-bond donors (Lipinski definition) is 0. The molecular weight excluding hydrogens is 340 g/mol. The van der Waals surface area contributed by atoms with Crippen molar-refractivity contribution in [2.24, 2.45) is 40.9 Å². The minimum atomic E-state index is -0.333. The van der Waals surface area contributed by atoms with E-state index in [1.165, 1.54) is 6.92 Å². The molecule has 0 aromatic heterocycles. The van der Waals surface area contributed by atoms with Gasteiger partial charge in [0, 0.05) is 19.3 Å². The van der Waals surface area contributed by atoms with Crippen LogP contribution in [0.5, 0.6) is 0 Å². The van der Waals surface area contributed by atoms with Crippen LogP contribution in [0.3, 0.4) is 0 Å². The van der Waals surface area contributed by atoms with E-state index in [0.29, 0.717) is 36.0 Å². The first-order valence-corrected chi connectivity index (χ1v) is 10.4. The molecule has 0 saturated heterocycles. The molecule has 0 heterocycles. The molecule has 0 aromatic carbocycles. The summed E-state index contributed by atoms with van der Waals surface area (Å²) in [5.41, 5.74) is 0.961. The van der Waals surface area contributed by atoms with Gasteiger partial charge in [0.25, 0.3) is 0 Å². The lowest BCUT2D eigenvalue weighted by molar-refractivity contribution is -0.135. The fourth-order valence-corrected chi connectivity index (χ4v) is 7.13. The molecule has 0 aromatic rings. The van der Waals surface area contributed by atoms with Crippen LogP contribution in [-0.4, -0.2) is 17.5 Å². The van der Waals surface area contributed by atoms with Crippen molar-refractivity contribution in [2.75, 3.05) is 0 Å². The summed E-state index contributed by atoms with van der Waals surface area (Å²) < 4.78 is 5.19. The molecule has 0 aliphatic heterocycles.